The maximum atomic E-state index is 12.3. The van der Waals surface area contributed by atoms with Crippen molar-refractivity contribution in [3.63, 3.8) is 0 Å². The number of para-hydroxylation sites is 1. The third-order valence-electron chi connectivity index (χ3n) is 4.37. The zero-order chi connectivity index (χ0) is 22.9. The van der Waals surface area contributed by atoms with E-state index in [1.807, 2.05) is 13.8 Å². The monoisotopic (exact) mass is 467 g/mol. The molecule has 1 aromatic carbocycles. The molecule has 3 rings (SSSR count). The van der Waals surface area contributed by atoms with Crippen LogP contribution in [-0.2, 0) is 10.2 Å². The van der Waals surface area contributed by atoms with Crippen molar-refractivity contribution in [1.82, 2.24) is 9.62 Å². The predicted molar refractivity (Wildman–Crippen MR) is 118 cm³/mol. The fourth-order valence-corrected chi connectivity index (χ4v) is 3.84. The molecule has 1 aliphatic rings. The molecule has 10 nitrogen and oxygen atoms in total. The fraction of sp³-hybridized carbons (Fsp3) is 0.316. The molecule has 166 valence electrons. The van der Waals surface area contributed by atoms with Crippen LogP contribution in [0.2, 0.25) is 5.02 Å². The van der Waals surface area contributed by atoms with Gasteiger partial charge < -0.3 is 19.7 Å². The Balaban J connectivity index is 1.99. The van der Waals surface area contributed by atoms with Gasteiger partial charge in [-0.05, 0) is 18.1 Å². The number of carbonyl (C=O) groups excluding carboxylic acids is 1. The minimum absolute atomic E-state index is 0.0492. The van der Waals surface area contributed by atoms with Crippen LogP contribution in [0.4, 0.5) is 5.69 Å². The summed E-state index contributed by atoms with van der Waals surface area (Å²) in [7, 11) is -0.929. The van der Waals surface area contributed by atoms with Crippen LogP contribution >= 0.6 is 11.6 Å². The first-order valence-electron chi connectivity index (χ1n) is 9.24. The lowest BCUT2D eigenvalue weighted by atomic mass is 10.0. The standard InChI is InChI=1S/C19H22ClN5O5S/c1-10(2)15(14-8-11(20)9-30-14)22-18-17(23-31(28,29)24-18)21-13-7-5-6-12(16(13)26)19(27)25(3)4/h5-10,15,26H,1-4H3,(H,21,23)(H,22,24)/t15-/m1/s1. The van der Waals surface area contributed by atoms with Crippen LogP contribution in [-0.4, -0.2) is 50.1 Å². The minimum atomic E-state index is -4.03. The Labute approximate surface area is 184 Å². The highest BCUT2D eigenvalue weighted by atomic mass is 35.5. The number of hydrogen-bond donors (Lipinski definition) is 3. The smallest absolute Gasteiger partial charge is 0.345 e. The van der Waals surface area contributed by atoms with Crippen LogP contribution in [0.3, 0.4) is 0 Å². The summed E-state index contributed by atoms with van der Waals surface area (Å²) in [4.78, 5) is 18.0. The normalized spacial score (nSPS) is 17.4. The molecule has 0 saturated carbocycles. The summed E-state index contributed by atoms with van der Waals surface area (Å²) in [6, 6.07) is 5.55. The van der Waals surface area contributed by atoms with Crippen molar-refractivity contribution >= 4 is 45.1 Å². The second-order valence-electron chi connectivity index (χ2n) is 7.38. The van der Waals surface area contributed by atoms with Gasteiger partial charge in [0, 0.05) is 20.2 Å². The van der Waals surface area contributed by atoms with Crippen LogP contribution in [0.1, 0.15) is 36.0 Å². The molecule has 0 unspecified atom stereocenters. The van der Waals surface area contributed by atoms with E-state index in [4.69, 9.17) is 16.0 Å². The van der Waals surface area contributed by atoms with E-state index >= 15 is 0 Å². The van der Waals surface area contributed by atoms with Gasteiger partial charge >= 0.3 is 10.2 Å². The first kappa shape index (κ1) is 22.6. The molecule has 3 N–H and O–H groups in total. The van der Waals surface area contributed by atoms with Gasteiger partial charge in [0.25, 0.3) is 5.91 Å². The quantitative estimate of drug-likeness (QED) is 0.578. The van der Waals surface area contributed by atoms with Crippen molar-refractivity contribution in [3.05, 3.63) is 46.9 Å². The largest absolute Gasteiger partial charge is 0.505 e. The number of nitrogens with one attached hydrogen (secondary N) is 2. The lowest BCUT2D eigenvalue weighted by Gasteiger charge is -2.16. The second-order valence-corrected chi connectivity index (χ2v) is 9.15. The van der Waals surface area contributed by atoms with Crippen molar-refractivity contribution < 1.29 is 22.7 Å². The summed E-state index contributed by atoms with van der Waals surface area (Å²) in [6.07, 6.45) is 1.36. The average molecular weight is 468 g/mol. The molecule has 0 radical (unpaired) electrons. The molecular weight excluding hydrogens is 446 g/mol. The molecule has 0 saturated heterocycles. The van der Waals surface area contributed by atoms with E-state index in [0.717, 1.165) is 0 Å². The number of aromatic hydroxyl groups is 1. The molecule has 1 atom stereocenters. The third-order valence-corrected chi connectivity index (χ3v) is 5.44. The van der Waals surface area contributed by atoms with Crippen LogP contribution in [0.15, 0.2) is 44.3 Å². The van der Waals surface area contributed by atoms with E-state index in [0.29, 0.717) is 10.8 Å². The number of nitrogens with zero attached hydrogens (tertiary/aromatic N) is 3. The topological polar surface area (TPSA) is 137 Å². The van der Waals surface area contributed by atoms with E-state index in [9.17, 15) is 18.3 Å². The number of benzene rings is 1. The lowest BCUT2D eigenvalue weighted by molar-refractivity contribution is 0.0824. The van der Waals surface area contributed by atoms with Crippen molar-refractivity contribution in [3.8, 4) is 5.75 Å². The number of hydrogen-bond acceptors (Lipinski definition) is 7. The number of aliphatic imine (C=N–C) groups is 1. The third kappa shape index (κ3) is 5.00. The summed E-state index contributed by atoms with van der Waals surface area (Å²) in [6.45, 7) is 3.78. The number of carbonyl (C=O) groups is 1. The maximum absolute atomic E-state index is 12.3. The Morgan fingerprint density at radius 1 is 1.35 bits per heavy atom. The summed E-state index contributed by atoms with van der Waals surface area (Å²) in [5.74, 6) is -0.549. The molecule has 0 spiro atoms. The van der Waals surface area contributed by atoms with Gasteiger partial charge in [-0.1, -0.05) is 31.5 Å². The molecule has 0 fully saturated rings. The average Bonchev–Trinajstić information content (AvgIpc) is 3.22. The van der Waals surface area contributed by atoms with Crippen LogP contribution < -0.4 is 10.0 Å². The van der Waals surface area contributed by atoms with Crippen molar-refractivity contribution in [2.45, 2.75) is 19.9 Å². The molecule has 1 aromatic heterocycles. The van der Waals surface area contributed by atoms with E-state index in [2.05, 4.69) is 19.4 Å². The highest BCUT2D eigenvalue weighted by molar-refractivity contribution is 7.89. The zero-order valence-electron chi connectivity index (χ0n) is 17.2. The number of furan rings is 1. The molecule has 31 heavy (non-hydrogen) atoms. The Morgan fingerprint density at radius 3 is 2.65 bits per heavy atom. The first-order chi connectivity index (χ1) is 14.5. The van der Waals surface area contributed by atoms with Crippen LogP contribution in [0.5, 0.6) is 5.75 Å². The number of rotatable bonds is 5. The molecule has 12 heteroatoms. The van der Waals surface area contributed by atoms with Crippen molar-refractivity contribution in [2.24, 2.45) is 15.3 Å². The van der Waals surface area contributed by atoms with Gasteiger partial charge in [-0.2, -0.15) is 8.42 Å². The van der Waals surface area contributed by atoms with Gasteiger partial charge in [0.15, 0.2) is 17.4 Å². The number of phenolic OH excluding ortho intramolecular Hbond substituents is 1. The maximum Gasteiger partial charge on any atom is 0.345 e. The van der Waals surface area contributed by atoms with Crippen molar-refractivity contribution in [2.75, 3.05) is 19.4 Å². The molecule has 0 bridgehead atoms. The SMILES string of the molecule is CC(C)[C@@H](N=C1NS(=O)(=O)N=C1Nc1cccc(C(=O)N(C)C)c1O)c1cc(Cl)co1. The number of anilines is 1. The summed E-state index contributed by atoms with van der Waals surface area (Å²) in [5, 5.41) is 13.7. The summed E-state index contributed by atoms with van der Waals surface area (Å²) < 4.78 is 35.5. The highest BCUT2D eigenvalue weighted by Gasteiger charge is 2.30. The second kappa shape index (κ2) is 8.60. The zero-order valence-corrected chi connectivity index (χ0v) is 18.8. The van der Waals surface area contributed by atoms with Gasteiger partial charge in [0.05, 0.1) is 16.3 Å². The van der Waals surface area contributed by atoms with E-state index in [-0.39, 0.29) is 34.6 Å². The number of phenols is 1. The van der Waals surface area contributed by atoms with Gasteiger partial charge in [-0.15, -0.1) is 4.40 Å². The lowest BCUT2D eigenvalue weighted by Crippen LogP contribution is -2.31. The Bertz CT molecular complexity index is 1170. The molecular formula is C19H22ClN5O5S. The highest BCUT2D eigenvalue weighted by Crippen LogP contribution is 2.31. The number of amides is 1. The fourth-order valence-electron chi connectivity index (χ4n) is 2.88. The summed E-state index contributed by atoms with van der Waals surface area (Å²) in [5.41, 5.74) is 0.147. The molecule has 2 aromatic rings. The minimum Gasteiger partial charge on any atom is -0.505 e. The first-order valence-corrected chi connectivity index (χ1v) is 11.1. The van der Waals surface area contributed by atoms with Crippen LogP contribution in [0, 0.1) is 5.92 Å². The van der Waals surface area contributed by atoms with Gasteiger partial charge in [-0.3, -0.25) is 9.79 Å². The number of halogens is 1. The molecule has 0 aliphatic carbocycles. The summed E-state index contributed by atoms with van der Waals surface area (Å²) >= 11 is 5.94. The van der Waals surface area contributed by atoms with E-state index in [1.54, 1.807) is 26.2 Å². The van der Waals surface area contributed by atoms with Gasteiger partial charge in [-0.25, -0.2) is 4.72 Å². The predicted octanol–water partition coefficient (Wildman–Crippen LogP) is 2.79. The van der Waals surface area contributed by atoms with Crippen molar-refractivity contribution in [1.29, 1.82) is 0 Å². The Morgan fingerprint density at radius 2 is 2.06 bits per heavy atom. The molecule has 1 amide bonds. The Hall–Kier alpha value is -3.05. The van der Waals surface area contributed by atoms with E-state index < -0.39 is 22.2 Å². The Kier molecular flexibility index (Phi) is 6.27. The molecule has 2 heterocycles. The van der Waals surface area contributed by atoms with E-state index in [1.165, 1.54) is 23.3 Å². The van der Waals surface area contributed by atoms with Gasteiger partial charge in [0.2, 0.25) is 0 Å². The van der Waals surface area contributed by atoms with Gasteiger partial charge in [0.1, 0.15) is 18.1 Å². The molecule has 1 aliphatic heterocycles. The van der Waals surface area contributed by atoms with Crippen LogP contribution in [0.25, 0.3) is 0 Å². The number of amidine groups is 2.